The lowest BCUT2D eigenvalue weighted by atomic mass is 10.2. The molecule has 3 rings (SSSR count). The number of para-hydroxylation sites is 2. The Bertz CT molecular complexity index is 1110. The fourth-order valence-electron chi connectivity index (χ4n) is 3.09. The van der Waals surface area contributed by atoms with Gasteiger partial charge in [-0.25, -0.2) is 13.2 Å². The number of hydrogen-bond acceptors (Lipinski definition) is 6. The summed E-state index contributed by atoms with van der Waals surface area (Å²) in [7, 11) is -2.52. The van der Waals surface area contributed by atoms with E-state index in [1.807, 2.05) is 0 Å². The maximum atomic E-state index is 13.2. The van der Waals surface area contributed by atoms with E-state index in [9.17, 15) is 18.0 Å². The molecule has 1 aliphatic rings. The first-order chi connectivity index (χ1) is 14.6. The van der Waals surface area contributed by atoms with E-state index in [-0.39, 0.29) is 18.1 Å². The number of ether oxygens (including phenoxy) is 2. The van der Waals surface area contributed by atoms with E-state index in [4.69, 9.17) is 32.7 Å². The molecule has 11 heteroatoms. The van der Waals surface area contributed by atoms with Gasteiger partial charge in [0.05, 0.1) is 42.2 Å². The van der Waals surface area contributed by atoms with Crippen LogP contribution >= 0.6 is 23.2 Å². The topological polar surface area (TPSA) is 93.2 Å². The summed E-state index contributed by atoms with van der Waals surface area (Å²) >= 11 is 11.9. The quantitative estimate of drug-likeness (QED) is 0.582. The maximum absolute atomic E-state index is 13.2. The minimum atomic E-state index is -3.74. The van der Waals surface area contributed by atoms with Gasteiger partial charge in [-0.05, 0) is 29.8 Å². The van der Waals surface area contributed by atoms with E-state index in [1.54, 1.807) is 42.5 Å². The second-order valence-corrected chi connectivity index (χ2v) is 9.68. The summed E-state index contributed by atoms with van der Waals surface area (Å²) in [5.41, 5.74) is 1.01. The molecule has 1 amide bonds. The molecule has 0 saturated heterocycles. The van der Waals surface area contributed by atoms with Crippen molar-refractivity contribution in [3.8, 4) is 5.75 Å². The van der Waals surface area contributed by atoms with Crippen LogP contribution in [0, 0.1) is 0 Å². The van der Waals surface area contributed by atoms with Gasteiger partial charge in [-0.3, -0.25) is 4.79 Å². The van der Waals surface area contributed by atoms with Crippen LogP contribution in [0.25, 0.3) is 0 Å². The van der Waals surface area contributed by atoms with Crippen LogP contribution < -0.4 is 9.64 Å². The van der Waals surface area contributed by atoms with Gasteiger partial charge in [0, 0.05) is 6.54 Å². The number of sulfonamides is 1. The van der Waals surface area contributed by atoms with Crippen molar-refractivity contribution in [1.82, 2.24) is 4.31 Å². The average molecular weight is 487 g/mol. The van der Waals surface area contributed by atoms with Crippen LogP contribution in [0.1, 0.15) is 5.56 Å². The Morgan fingerprint density at radius 3 is 2.55 bits per heavy atom. The van der Waals surface area contributed by atoms with E-state index in [0.717, 1.165) is 10.6 Å². The van der Waals surface area contributed by atoms with Gasteiger partial charge < -0.3 is 14.4 Å². The Labute approximate surface area is 190 Å². The molecule has 0 bridgehead atoms. The monoisotopic (exact) mass is 486 g/mol. The van der Waals surface area contributed by atoms with Gasteiger partial charge in [0.2, 0.25) is 22.0 Å². The van der Waals surface area contributed by atoms with Gasteiger partial charge in [0.25, 0.3) is 0 Å². The number of carbonyl (C=O) groups excluding carboxylic acids is 2. The molecule has 0 radical (unpaired) electrons. The van der Waals surface area contributed by atoms with Crippen molar-refractivity contribution >= 4 is 50.8 Å². The van der Waals surface area contributed by atoms with Crippen molar-refractivity contribution in [3.63, 3.8) is 0 Å². The summed E-state index contributed by atoms with van der Waals surface area (Å²) in [6, 6.07) is 11.4. The fourth-order valence-corrected chi connectivity index (χ4v) is 4.14. The first-order valence-corrected chi connectivity index (χ1v) is 11.7. The molecular weight excluding hydrogens is 467 g/mol. The number of amides is 1. The highest BCUT2D eigenvalue weighted by atomic mass is 35.5. The van der Waals surface area contributed by atoms with Gasteiger partial charge in [-0.2, -0.15) is 4.31 Å². The number of benzene rings is 2. The molecule has 0 aromatic heterocycles. The summed E-state index contributed by atoms with van der Waals surface area (Å²) in [5.74, 6) is -0.828. The molecule has 166 valence electrons. The summed E-state index contributed by atoms with van der Waals surface area (Å²) in [4.78, 5) is 26.5. The van der Waals surface area contributed by atoms with Crippen molar-refractivity contribution in [2.75, 3.05) is 31.4 Å². The summed E-state index contributed by atoms with van der Waals surface area (Å²) in [5, 5.41) is 0.619. The number of hydrogen-bond donors (Lipinski definition) is 0. The number of methoxy groups -OCH3 is 1. The number of halogens is 2. The molecular formula is C20H20Cl2N2O6S. The molecule has 0 fully saturated rings. The molecule has 8 nitrogen and oxygen atoms in total. The second-order valence-electron chi connectivity index (χ2n) is 6.88. The van der Waals surface area contributed by atoms with Crippen LogP contribution in [0.3, 0.4) is 0 Å². The van der Waals surface area contributed by atoms with E-state index in [2.05, 4.69) is 0 Å². The van der Waals surface area contributed by atoms with Crippen LogP contribution in [0.5, 0.6) is 5.75 Å². The van der Waals surface area contributed by atoms with Crippen LogP contribution in [-0.4, -0.2) is 57.2 Å². The number of esters is 1. The fraction of sp³-hybridized carbons (Fsp3) is 0.300. The maximum Gasteiger partial charge on any atom is 0.348 e. The number of anilines is 1. The zero-order valence-electron chi connectivity index (χ0n) is 16.7. The van der Waals surface area contributed by atoms with Gasteiger partial charge in [0.1, 0.15) is 5.75 Å². The Balaban J connectivity index is 1.87. The Kier molecular flexibility index (Phi) is 7.10. The number of nitrogens with zero attached hydrogens (tertiary/aromatic N) is 2. The van der Waals surface area contributed by atoms with Crippen molar-refractivity contribution in [2.45, 2.75) is 12.6 Å². The van der Waals surface area contributed by atoms with E-state index in [1.165, 1.54) is 12.0 Å². The predicted molar refractivity (Wildman–Crippen MR) is 117 cm³/mol. The lowest BCUT2D eigenvalue weighted by Gasteiger charge is -2.34. The third-order valence-electron chi connectivity index (χ3n) is 4.66. The van der Waals surface area contributed by atoms with Gasteiger partial charge in [-0.15, -0.1) is 0 Å². The number of carbonyl (C=O) groups is 2. The largest absolute Gasteiger partial charge is 0.475 e. The van der Waals surface area contributed by atoms with Crippen molar-refractivity contribution in [1.29, 1.82) is 0 Å². The molecule has 0 saturated carbocycles. The number of rotatable bonds is 6. The minimum Gasteiger partial charge on any atom is -0.475 e. The molecule has 1 atom stereocenters. The predicted octanol–water partition coefficient (Wildman–Crippen LogP) is 2.72. The molecule has 2 aromatic carbocycles. The summed E-state index contributed by atoms with van der Waals surface area (Å²) < 4.78 is 36.1. The summed E-state index contributed by atoms with van der Waals surface area (Å²) in [6.45, 7) is -0.623. The third kappa shape index (κ3) is 5.48. The lowest BCUT2D eigenvalue weighted by Crippen LogP contribution is -2.50. The zero-order valence-corrected chi connectivity index (χ0v) is 19.1. The molecule has 0 unspecified atom stereocenters. The normalized spacial score (nSPS) is 15.9. The first kappa shape index (κ1) is 23.3. The van der Waals surface area contributed by atoms with Crippen molar-refractivity contribution < 1.29 is 27.5 Å². The molecule has 0 spiro atoms. The summed E-state index contributed by atoms with van der Waals surface area (Å²) in [6.07, 6.45) is -0.00640. The van der Waals surface area contributed by atoms with Crippen LogP contribution in [0.15, 0.2) is 42.5 Å². The molecule has 31 heavy (non-hydrogen) atoms. The zero-order chi connectivity index (χ0) is 22.8. The molecule has 1 heterocycles. The van der Waals surface area contributed by atoms with Crippen LogP contribution in [-0.2, 0) is 30.9 Å². The van der Waals surface area contributed by atoms with E-state index < -0.39 is 34.5 Å². The van der Waals surface area contributed by atoms with Crippen LogP contribution in [0.2, 0.25) is 10.0 Å². The smallest absolute Gasteiger partial charge is 0.348 e. The third-order valence-corrected chi connectivity index (χ3v) is 6.60. The number of fused-ring (bicyclic) bond motifs is 1. The molecule has 1 aliphatic heterocycles. The Morgan fingerprint density at radius 1 is 1.19 bits per heavy atom. The molecule has 2 aromatic rings. The SMILES string of the molecule is COC(=O)[C@H]1CN(C(=O)CN(Cc2ccc(Cl)c(Cl)c2)S(C)(=O)=O)c2ccccc2O1. The lowest BCUT2D eigenvalue weighted by molar-refractivity contribution is -0.148. The first-order valence-electron chi connectivity index (χ1n) is 9.13. The second kappa shape index (κ2) is 9.44. The highest BCUT2D eigenvalue weighted by Gasteiger charge is 2.35. The van der Waals surface area contributed by atoms with E-state index in [0.29, 0.717) is 22.0 Å². The molecule has 0 aliphatic carbocycles. The average Bonchev–Trinajstić information content (AvgIpc) is 2.73. The van der Waals surface area contributed by atoms with Gasteiger partial charge in [-0.1, -0.05) is 41.4 Å². The van der Waals surface area contributed by atoms with E-state index >= 15 is 0 Å². The van der Waals surface area contributed by atoms with Crippen LogP contribution in [0.4, 0.5) is 5.69 Å². The molecule has 0 N–H and O–H groups in total. The van der Waals surface area contributed by atoms with Gasteiger partial charge >= 0.3 is 5.97 Å². The van der Waals surface area contributed by atoms with Crippen molar-refractivity contribution in [2.24, 2.45) is 0 Å². The van der Waals surface area contributed by atoms with Gasteiger partial charge in [0.15, 0.2) is 0 Å². The Hall–Kier alpha value is -2.33. The highest BCUT2D eigenvalue weighted by Crippen LogP contribution is 2.33. The highest BCUT2D eigenvalue weighted by molar-refractivity contribution is 7.88. The minimum absolute atomic E-state index is 0.0755. The Morgan fingerprint density at radius 2 is 1.90 bits per heavy atom. The van der Waals surface area contributed by atoms with Crippen molar-refractivity contribution in [3.05, 3.63) is 58.1 Å². The standard InChI is InChI=1S/C20H20Cl2N2O6S/c1-29-20(26)18-11-24(16-5-3-4-6-17(16)30-18)19(25)12-23(31(2,27)28)10-13-7-8-14(21)15(22)9-13/h3-9,18H,10-12H2,1-2H3/t18-/m1/s1.